The van der Waals surface area contributed by atoms with E-state index in [0.717, 1.165) is 4.52 Å². The van der Waals surface area contributed by atoms with Crippen LogP contribution in [0, 0.1) is 19.7 Å². The lowest BCUT2D eigenvalue weighted by Crippen LogP contribution is -2.11. The van der Waals surface area contributed by atoms with Crippen molar-refractivity contribution >= 4 is 27.7 Å². The third-order valence-electron chi connectivity index (χ3n) is 4.29. The molecule has 0 aliphatic carbocycles. The lowest BCUT2D eigenvalue weighted by molar-refractivity contribution is -0.145. The van der Waals surface area contributed by atoms with Crippen molar-refractivity contribution in [2.24, 2.45) is 0 Å². The van der Waals surface area contributed by atoms with E-state index in [9.17, 15) is 22.4 Å². The van der Waals surface area contributed by atoms with E-state index in [4.69, 9.17) is 4.74 Å². The zero-order valence-corrected chi connectivity index (χ0v) is 16.9. The number of rotatable bonds is 5. The average Bonchev–Trinajstić information content (AvgIpc) is 3.05. The van der Waals surface area contributed by atoms with Gasteiger partial charge in [-0.05, 0) is 38.0 Å². The number of hydrogen-bond acceptors (Lipinski definition) is 5. The van der Waals surface area contributed by atoms with Gasteiger partial charge in [0.2, 0.25) is 0 Å². The van der Waals surface area contributed by atoms with Gasteiger partial charge in [-0.15, -0.1) is 5.10 Å². The highest BCUT2D eigenvalue weighted by Crippen LogP contribution is 2.27. The molecule has 0 amide bonds. The molecule has 1 aromatic carbocycles. The molecule has 0 spiro atoms. The largest absolute Gasteiger partial charge is 0.461 e. The Morgan fingerprint density at radius 2 is 1.97 bits per heavy atom. The number of hydrogen-bond donors (Lipinski definition) is 0. The molecule has 0 bridgehead atoms. The summed E-state index contributed by atoms with van der Waals surface area (Å²) in [5.74, 6) is -2.51. The van der Waals surface area contributed by atoms with E-state index in [1.165, 1.54) is 12.1 Å². The Labute approximate surface area is 171 Å². The van der Waals surface area contributed by atoms with Crippen molar-refractivity contribution in [1.82, 2.24) is 19.6 Å². The summed E-state index contributed by atoms with van der Waals surface area (Å²) >= 11 is 3.14. The summed E-state index contributed by atoms with van der Waals surface area (Å²) in [5, 5.41) is 3.46. The van der Waals surface area contributed by atoms with Crippen molar-refractivity contribution in [3.63, 3.8) is 0 Å². The van der Waals surface area contributed by atoms with E-state index in [1.807, 2.05) is 0 Å². The highest BCUT2D eigenvalue weighted by Gasteiger charge is 2.37. The summed E-state index contributed by atoms with van der Waals surface area (Å²) in [6.07, 6.45) is -4.54. The van der Waals surface area contributed by atoms with Gasteiger partial charge in [-0.1, -0.05) is 22.0 Å². The molecule has 11 heteroatoms. The first-order chi connectivity index (χ1) is 13.6. The Morgan fingerprint density at radius 1 is 1.24 bits per heavy atom. The molecule has 0 saturated heterocycles. The smallest absolute Gasteiger partial charge is 0.453 e. The molecule has 2 heterocycles. The fourth-order valence-corrected chi connectivity index (χ4v) is 3.12. The molecule has 0 aliphatic heterocycles. The van der Waals surface area contributed by atoms with Crippen molar-refractivity contribution < 1.29 is 27.1 Å². The van der Waals surface area contributed by atoms with Crippen LogP contribution in [-0.4, -0.2) is 25.6 Å². The lowest BCUT2D eigenvalue weighted by Gasteiger charge is -2.10. The molecule has 0 unspecified atom stereocenters. The summed E-state index contributed by atoms with van der Waals surface area (Å²) in [4.78, 5) is 19.5. The van der Waals surface area contributed by atoms with Crippen LogP contribution in [0.15, 0.2) is 22.7 Å². The quantitative estimate of drug-likeness (QED) is 0.406. The second-order valence-corrected chi connectivity index (χ2v) is 7.22. The molecule has 0 N–H and O–H groups in total. The maximum atomic E-state index is 13.8. The number of esters is 1. The van der Waals surface area contributed by atoms with Crippen LogP contribution in [0.5, 0.6) is 0 Å². The van der Waals surface area contributed by atoms with Gasteiger partial charge in [0.15, 0.2) is 0 Å². The van der Waals surface area contributed by atoms with Gasteiger partial charge in [0, 0.05) is 27.8 Å². The zero-order valence-electron chi connectivity index (χ0n) is 15.3. The van der Waals surface area contributed by atoms with E-state index in [1.54, 1.807) is 19.9 Å². The minimum atomic E-state index is -4.68. The molecule has 0 aliphatic rings. The van der Waals surface area contributed by atoms with E-state index < -0.39 is 23.8 Å². The third-order valence-corrected chi connectivity index (χ3v) is 4.78. The summed E-state index contributed by atoms with van der Waals surface area (Å²) in [7, 11) is 0. The maximum absolute atomic E-state index is 13.8. The minimum Gasteiger partial charge on any atom is -0.461 e. The molecule has 29 heavy (non-hydrogen) atoms. The number of carbonyl (C=O) groups excluding carboxylic acids is 1. The Bertz CT molecular complexity index is 1080. The molecule has 3 aromatic rings. The number of benzene rings is 1. The number of aromatic nitrogens is 4. The van der Waals surface area contributed by atoms with Crippen LogP contribution >= 0.6 is 15.9 Å². The Kier molecular flexibility index (Phi) is 5.87. The summed E-state index contributed by atoms with van der Waals surface area (Å²) in [6, 6.07) is 4.40. The topological polar surface area (TPSA) is 69.4 Å². The van der Waals surface area contributed by atoms with Crippen LogP contribution in [0.3, 0.4) is 0 Å². The van der Waals surface area contributed by atoms with Crippen molar-refractivity contribution in [3.8, 4) is 0 Å². The number of alkyl halides is 3. The number of fused-ring (bicyclic) bond motifs is 1. The molecule has 6 nitrogen and oxygen atoms in total. The van der Waals surface area contributed by atoms with Crippen molar-refractivity contribution in [3.05, 3.63) is 56.8 Å². The molecular formula is C18H15BrF4N4O2. The second kappa shape index (κ2) is 8.05. The van der Waals surface area contributed by atoms with Crippen LogP contribution in [0.4, 0.5) is 17.6 Å². The zero-order chi connectivity index (χ0) is 21.3. The van der Waals surface area contributed by atoms with Gasteiger partial charge in [-0.3, -0.25) is 4.79 Å². The number of aryl methyl sites for hydroxylation is 2. The van der Waals surface area contributed by atoms with Gasteiger partial charge in [0.1, 0.15) is 12.4 Å². The highest BCUT2D eigenvalue weighted by molar-refractivity contribution is 9.10. The minimum absolute atomic E-state index is 0.0478. The van der Waals surface area contributed by atoms with Crippen molar-refractivity contribution in [1.29, 1.82) is 0 Å². The first kappa shape index (κ1) is 21.2. The van der Waals surface area contributed by atoms with Gasteiger partial charge in [0.05, 0.1) is 0 Å². The molecular weight excluding hydrogens is 460 g/mol. The molecule has 0 atom stereocenters. The van der Waals surface area contributed by atoms with Gasteiger partial charge in [0.25, 0.3) is 11.6 Å². The van der Waals surface area contributed by atoms with E-state index in [2.05, 4.69) is 31.0 Å². The summed E-state index contributed by atoms with van der Waals surface area (Å²) in [5.41, 5.74) is 1.66. The van der Waals surface area contributed by atoms with Crippen LogP contribution < -0.4 is 0 Å². The first-order valence-electron chi connectivity index (χ1n) is 8.46. The summed E-state index contributed by atoms with van der Waals surface area (Å²) < 4.78 is 58.9. The number of halogens is 5. The van der Waals surface area contributed by atoms with Gasteiger partial charge in [-0.2, -0.15) is 18.2 Å². The monoisotopic (exact) mass is 474 g/mol. The molecule has 2 aromatic heterocycles. The van der Waals surface area contributed by atoms with Crippen molar-refractivity contribution in [2.75, 3.05) is 0 Å². The van der Waals surface area contributed by atoms with Crippen LogP contribution in [0.25, 0.3) is 5.78 Å². The highest BCUT2D eigenvalue weighted by atomic mass is 79.9. The Balaban J connectivity index is 1.70. The molecule has 0 saturated carbocycles. The maximum Gasteiger partial charge on any atom is 0.453 e. The van der Waals surface area contributed by atoms with Crippen LogP contribution in [0.1, 0.15) is 34.8 Å². The SMILES string of the molecule is Cc1nc2nc(C(F)(F)F)nn2c(C)c1CCC(=O)OCc1ccc(Br)cc1F. The van der Waals surface area contributed by atoms with Crippen molar-refractivity contribution in [2.45, 2.75) is 39.5 Å². The average molecular weight is 475 g/mol. The fraction of sp³-hybridized carbons (Fsp3) is 0.333. The lowest BCUT2D eigenvalue weighted by atomic mass is 10.1. The Morgan fingerprint density at radius 3 is 2.62 bits per heavy atom. The normalized spacial score (nSPS) is 11.8. The number of ether oxygens (including phenoxy) is 1. The van der Waals surface area contributed by atoms with Crippen LogP contribution in [0.2, 0.25) is 0 Å². The van der Waals surface area contributed by atoms with Gasteiger partial charge >= 0.3 is 12.1 Å². The number of carbonyl (C=O) groups is 1. The number of nitrogens with zero attached hydrogens (tertiary/aromatic N) is 4. The van der Waals surface area contributed by atoms with E-state index in [0.29, 0.717) is 21.4 Å². The molecule has 0 fully saturated rings. The van der Waals surface area contributed by atoms with Crippen LogP contribution in [-0.2, 0) is 28.7 Å². The first-order valence-corrected chi connectivity index (χ1v) is 9.25. The van der Waals surface area contributed by atoms with E-state index in [-0.39, 0.29) is 30.8 Å². The summed E-state index contributed by atoms with van der Waals surface area (Å²) in [6.45, 7) is 2.98. The molecule has 3 rings (SSSR count). The predicted molar refractivity (Wildman–Crippen MR) is 97.5 cm³/mol. The standard InChI is InChI=1S/C18H15BrF4N4O2/c1-9-13(10(2)27-17(24-9)25-16(26-27)18(21,22)23)5-6-15(28)29-8-11-3-4-12(19)7-14(11)20/h3-4,7H,5-6,8H2,1-2H3. The predicted octanol–water partition coefficient (Wildman–Crippen LogP) is 4.34. The molecule has 154 valence electrons. The van der Waals surface area contributed by atoms with E-state index >= 15 is 0 Å². The van der Waals surface area contributed by atoms with Gasteiger partial charge < -0.3 is 4.74 Å². The van der Waals surface area contributed by atoms with Gasteiger partial charge in [-0.25, -0.2) is 13.9 Å². The fourth-order valence-electron chi connectivity index (χ4n) is 2.79. The molecule has 0 radical (unpaired) electrons. The third kappa shape index (κ3) is 4.72. The second-order valence-electron chi connectivity index (χ2n) is 6.30. The Hall–Kier alpha value is -2.56.